The molecule has 0 bridgehead atoms. The van der Waals surface area contributed by atoms with E-state index >= 15 is 0 Å². The molecule has 4 fully saturated rings. The van der Waals surface area contributed by atoms with Gasteiger partial charge in [0.05, 0.1) is 12.8 Å². The molecule has 4 saturated heterocycles. The van der Waals surface area contributed by atoms with Crippen LogP contribution < -0.4 is 56.8 Å². The molecule has 122 heavy (non-hydrogen) atoms. The standard InChI is InChI=1S/C19H22ClN5O8.C19H23N5O9.C19H23N5O8.C13H17N5O6/c1-5-6-24-12-15(20)22-18(21)23-16(12)25(19(24)29)17-14(32-10(4)28)13(31-9(3)27)11(33-17)7-30-8(2)26;1-5-6-23-12-15(21-18(20)22-16(12)28)24(19(23)29)17-14(32-10(4)27)13(31-9(3)26)11(33-17)7-30-8(2)25;1-5-6-23-12-7-21-18(20)22-16(12)24(19(23)28)17-15(31-11(4)27)14(30-10(3)26)13(32-17)8-29-9(2)25;1-2-3-17-6-9(15-12(14)16-10(6)22)18(13(17)23)11-8(21)7(20)5(4-19)24-11/h5,11,13-14,17H,1,6-7H2,2-4H3,(H2,21,22,23);5,11,13-14,17H,1,6-7H2,2-4H3,(H3,20,21,22,28);5,7,13-15,17H,1,6,8H2,2-4H3,(H2,20,21,22);2,5,7-8,11,19-21H,1,3-4H2,(H3,14,15,16,22)/t2*11-,13-,14-,17-;13-,14-,15-,17-;5-,7-,8-,11-/m1111/s1. The second-order valence-electron chi connectivity index (χ2n) is 26.7. The molecule has 0 radical (unpaired) electrons. The number of imidazole rings is 4. The number of carbonyl (C=O) groups is 9. The van der Waals surface area contributed by atoms with Gasteiger partial charge in [0.2, 0.25) is 23.8 Å². The van der Waals surface area contributed by atoms with Crippen LogP contribution in [0.1, 0.15) is 87.2 Å². The Balaban J connectivity index is 0.000000186. The average molecular weight is 1740 g/mol. The number of aromatic nitrogens is 16. The summed E-state index contributed by atoms with van der Waals surface area (Å²) in [6.07, 6.45) is -12.8. The quantitative estimate of drug-likeness (QED) is 0.0115. The van der Waals surface area contributed by atoms with Gasteiger partial charge in [-0.2, -0.15) is 24.9 Å². The monoisotopic (exact) mass is 1740 g/mol. The Labute approximate surface area is 688 Å². The molecule has 8 aromatic rings. The first-order chi connectivity index (χ1) is 57.6. The van der Waals surface area contributed by atoms with Gasteiger partial charge in [0.25, 0.3) is 11.1 Å². The molecule has 0 unspecified atom stereocenters. The van der Waals surface area contributed by atoms with Gasteiger partial charge in [-0.1, -0.05) is 35.9 Å². The lowest BCUT2D eigenvalue weighted by Gasteiger charge is -2.23. The minimum absolute atomic E-state index is 0.00351. The summed E-state index contributed by atoms with van der Waals surface area (Å²) in [5.41, 5.74) is 18.8. The number of allylic oxidation sites excluding steroid dienone is 4. The number of nitrogen functional groups attached to an aromatic ring is 4. The summed E-state index contributed by atoms with van der Waals surface area (Å²) in [4.78, 5) is 211. The number of ether oxygens (including phenoxy) is 13. The largest absolute Gasteiger partial charge is 0.463 e. The summed E-state index contributed by atoms with van der Waals surface area (Å²) >= 11 is 6.24. The number of aliphatic hydroxyl groups is 3. The SMILES string of the molecule is C=CCn1c(=O)n([C@@H]2O[C@H](CO)[C@@H](O)[C@H]2O)c2nc(N)[nH]c(=O)c21.C=CCn1c(=O)n([C@@H]2O[C@H](COC(C)=O)[C@@H](OC(C)=O)[C@H]2OC(C)=O)c2nc(N)[nH]c(=O)c21.C=CCn1c(=O)n([C@@H]2O[C@H](COC(C)=O)[C@@H](OC(C)=O)[C@H]2OC(C)=O)c2nc(N)nc(Cl)c21.C=CCn1c(=O)n([C@@H]2O[C@H](COC(C)=O)[C@@H](OC(C)=O)[C@H]2OC(C)=O)c2nc(N)ncc21. The molecule has 12 rings (SSSR count). The molecular formula is C70H85ClN20O31. The van der Waals surface area contributed by atoms with Crippen LogP contribution in [0.2, 0.25) is 5.15 Å². The van der Waals surface area contributed by atoms with Crippen LogP contribution in [0.5, 0.6) is 0 Å². The first-order valence-corrected chi connectivity index (χ1v) is 36.7. The number of hydrogen-bond acceptors (Lipinski definition) is 41. The number of anilines is 4. The van der Waals surface area contributed by atoms with Crippen LogP contribution in [-0.2, 0) is 131 Å². The molecule has 0 saturated carbocycles. The highest BCUT2D eigenvalue weighted by atomic mass is 35.5. The second kappa shape index (κ2) is 39.1. The minimum Gasteiger partial charge on any atom is -0.463 e. The molecule has 658 valence electrons. The number of fused-ring (bicyclic) bond motifs is 4. The van der Waals surface area contributed by atoms with Gasteiger partial charge in [0.1, 0.15) is 67.5 Å². The Morgan fingerprint density at radius 1 is 0.418 bits per heavy atom. The van der Waals surface area contributed by atoms with Gasteiger partial charge in [0, 0.05) is 88.5 Å². The molecule has 51 nitrogen and oxygen atoms in total. The number of nitrogens with zero attached hydrogens (tertiary/aromatic N) is 14. The number of nitrogens with one attached hydrogen (secondary N) is 2. The zero-order valence-electron chi connectivity index (χ0n) is 66.3. The first-order valence-electron chi connectivity index (χ1n) is 36.3. The molecule has 0 amide bonds. The summed E-state index contributed by atoms with van der Waals surface area (Å²) < 4.78 is 79.0. The van der Waals surface area contributed by atoms with Crippen LogP contribution in [0.15, 0.2) is 85.6 Å². The number of aromatic amines is 2. The van der Waals surface area contributed by atoms with E-state index in [-0.39, 0.29) is 114 Å². The van der Waals surface area contributed by atoms with Crippen LogP contribution in [-0.4, -0.2) is 245 Å². The topological polar surface area (TPSA) is 689 Å². The Bertz CT molecular complexity index is 5810. The van der Waals surface area contributed by atoms with E-state index < -0.39 is 192 Å². The number of halogens is 1. The number of aliphatic hydroxyl groups excluding tert-OH is 3. The zero-order chi connectivity index (χ0) is 90.1. The van der Waals surface area contributed by atoms with Crippen molar-refractivity contribution in [3.8, 4) is 0 Å². The summed E-state index contributed by atoms with van der Waals surface area (Å²) in [6.45, 7) is 23.4. The number of carbonyl (C=O) groups excluding carboxylic acids is 9. The van der Waals surface area contributed by atoms with Gasteiger partial charge < -0.3 is 99.8 Å². The van der Waals surface area contributed by atoms with Gasteiger partial charge in [0.15, 0.2) is 100 Å². The zero-order valence-corrected chi connectivity index (χ0v) is 67.1. The maximum atomic E-state index is 13.4. The molecule has 52 heteroatoms. The molecular weight excluding hydrogens is 1650 g/mol. The van der Waals surface area contributed by atoms with Crippen molar-refractivity contribution in [1.29, 1.82) is 0 Å². The smallest absolute Gasteiger partial charge is 0.333 e. The van der Waals surface area contributed by atoms with Gasteiger partial charge >= 0.3 is 76.5 Å². The van der Waals surface area contributed by atoms with Crippen LogP contribution in [0.3, 0.4) is 0 Å². The van der Waals surface area contributed by atoms with Crippen molar-refractivity contribution in [2.24, 2.45) is 0 Å². The summed E-state index contributed by atoms with van der Waals surface area (Å²) in [5, 5.41) is 29.1. The summed E-state index contributed by atoms with van der Waals surface area (Å²) in [5.74, 6) is -6.94. The summed E-state index contributed by atoms with van der Waals surface area (Å²) in [6, 6.07) is 0. The maximum absolute atomic E-state index is 13.4. The molecule has 16 atom stereocenters. The van der Waals surface area contributed by atoms with Crippen molar-refractivity contribution in [2.75, 3.05) is 49.4 Å². The van der Waals surface area contributed by atoms with Crippen molar-refractivity contribution in [3.05, 3.63) is 125 Å². The van der Waals surface area contributed by atoms with E-state index in [0.29, 0.717) is 5.52 Å². The highest BCUT2D eigenvalue weighted by molar-refractivity contribution is 6.33. The lowest BCUT2D eigenvalue weighted by molar-refractivity contribution is -0.166. The lowest BCUT2D eigenvalue weighted by Crippen LogP contribution is -2.41. The third-order valence-corrected chi connectivity index (χ3v) is 18.2. The van der Waals surface area contributed by atoms with Crippen molar-refractivity contribution >= 4 is 134 Å². The molecule has 4 aliphatic rings. The first kappa shape index (κ1) is 92.3. The molecule has 4 aliphatic heterocycles. The van der Waals surface area contributed by atoms with E-state index in [9.17, 15) is 87.2 Å². The second-order valence-corrected chi connectivity index (χ2v) is 27.1. The van der Waals surface area contributed by atoms with Gasteiger partial charge in [-0.05, 0) is 0 Å². The Kier molecular flexibility index (Phi) is 29.6. The van der Waals surface area contributed by atoms with Crippen LogP contribution in [0.4, 0.5) is 23.8 Å². The molecule has 12 heterocycles. The third-order valence-electron chi connectivity index (χ3n) is 18.0. The average Bonchev–Trinajstić information content (AvgIpc) is 1.60. The van der Waals surface area contributed by atoms with E-state index in [1.807, 2.05) is 0 Å². The fourth-order valence-electron chi connectivity index (χ4n) is 13.5. The molecule has 8 aromatic heterocycles. The third kappa shape index (κ3) is 19.8. The number of hydrogen-bond donors (Lipinski definition) is 9. The Morgan fingerprint density at radius 3 is 1.06 bits per heavy atom. The Morgan fingerprint density at radius 2 is 0.721 bits per heavy atom. The van der Waals surface area contributed by atoms with E-state index in [1.54, 1.807) is 0 Å². The fourth-order valence-corrected chi connectivity index (χ4v) is 13.8. The molecule has 0 aromatic carbocycles. The molecule has 0 aliphatic carbocycles. The van der Waals surface area contributed by atoms with Crippen LogP contribution in [0.25, 0.3) is 44.7 Å². The van der Waals surface area contributed by atoms with E-state index in [4.69, 9.17) is 96.1 Å². The number of nitrogens with two attached hydrogens (primary N) is 4. The highest BCUT2D eigenvalue weighted by Gasteiger charge is 2.55. The highest BCUT2D eigenvalue weighted by Crippen LogP contribution is 2.40. The number of esters is 9. The molecule has 0 spiro atoms. The fraction of sp³-hybridized carbons (Fsp3) is 0.471. The predicted molar refractivity (Wildman–Crippen MR) is 414 cm³/mol. The number of H-pyrrole nitrogens is 2. The lowest BCUT2D eigenvalue weighted by atomic mass is 10.1. The predicted octanol–water partition coefficient (Wildman–Crippen LogP) is -3.73. The Hall–Kier alpha value is -13.6. The van der Waals surface area contributed by atoms with Crippen LogP contribution in [0, 0.1) is 0 Å². The van der Waals surface area contributed by atoms with Crippen LogP contribution >= 0.6 is 11.6 Å². The van der Waals surface area contributed by atoms with E-state index in [0.717, 1.165) is 68.9 Å². The van der Waals surface area contributed by atoms with E-state index in [1.165, 1.54) is 60.4 Å². The van der Waals surface area contributed by atoms with Crippen molar-refractivity contribution < 1.29 is 120 Å². The van der Waals surface area contributed by atoms with Gasteiger partial charge in [-0.15, -0.1) is 26.3 Å². The normalized spacial score (nSPS) is 23.2. The maximum Gasteiger partial charge on any atom is 0.333 e. The molecule has 13 N–H and O–H groups in total. The van der Waals surface area contributed by atoms with Gasteiger partial charge in [-0.25, -0.2) is 42.4 Å². The van der Waals surface area contributed by atoms with Crippen molar-refractivity contribution in [2.45, 2.75) is 187 Å². The van der Waals surface area contributed by atoms with Gasteiger partial charge in [-0.3, -0.25) is 81.0 Å². The summed E-state index contributed by atoms with van der Waals surface area (Å²) in [7, 11) is 0. The van der Waals surface area contributed by atoms with E-state index in [2.05, 4.69) is 66.2 Å². The van der Waals surface area contributed by atoms with Crippen molar-refractivity contribution in [1.82, 2.24) is 76.4 Å². The van der Waals surface area contributed by atoms with Crippen molar-refractivity contribution in [3.63, 3.8) is 0 Å². The number of rotatable bonds is 25. The minimum atomic E-state index is -1.50.